The second kappa shape index (κ2) is 7.86. The third kappa shape index (κ3) is 3.17. The van der Waals surface area contributed by atoms with Gasteiger partial charge in [0.1, 0.15) is 6.10 Å². The number of rotatable bonds is 3. The molecule has 2 aliphatic heterocycles. The summed E-state index contributed by atoms with van der Waals surface area (Å²) < 4.78 is 6.05. The summed E-state index contributed by atoms with van der Waals surface area (Å²) in [4.78, 5) is 43.5. The van der Waals surface area contributed by atoms with Crippen molar-refractivity contribution in [2.75, 3.05) is 5.06 Å². The van der Waals surface area contributed by atoms with Gasteiger partial charge in [0, 0.05) is 35.5 Å². The van der Waals surface area contributed by atoms with Crippen molar-refractivity contribution in [3.8, 4) is 0 Å². The third-order valence-corrected chi connectivity index (χ3v) is 8.33. The van der Waals surface area contributed by atoms with Crippen LogP contribution in [0.15, 0.2) is 77.9 Å². The van der Waals surface area contributed by atoms with Gasteiger partial charge in [0.15, 0.2) is 5.78 Å². The van der Waals surface area contributed by atoms with Crippen LogP contribution < -0.4 is 5.06 Å². The number of anilines is 1. The van der Waals surface area contributed by atoms with Crippen LogP contribution in [0, 0.1) is 21.4 Å². The lowest BCUT2D eigenvalue weighted by Crippen LogP contribution is -2.47. The molecule has 3 fully saturated rings. The highest BCUT2D eigenvalue weighted by molar-refractivity contribution is 6.06. The van der Waals surface area contributed by atoms with Crippen LogP contribution in [0.25, 0.3) is 0 Å². The Labute approximate surface area is 208 Å². The van der Waals surface area contributed by atoms with Gasteiger partial charge in [-0.2, -0.15) is 0 Å². The molecule has 0 bridgehead atoms. The first-order valence-electron chi connectivity index (χ1n) is 12.2. The zero-order chi connectivity index (χ0) is 25.2. The van der Waals surface area contributed by atoms with Crippen LogP contribution in [0.4, 0.5) is 11.4 Å². The summed E-state index contributed by atoms with van der Waals surface area (Å²) in [6, 6.07) is 15.5. The molecular weight excluding hydrogens is 460 g/mol. The van der Waals surface area contributed by atoms with Crippen molar-refractivity contribution in [1.82, 2.24) is 0 Å². The number of nitrogens with zero attached hydrogens (tertiary/aromatic N) is 2. The maximum Gasteiger partial charge on any atom is 0.342 e. The van der Waals surface area contributed by atoms with Crippen LogP contribution in [0.3, 0.4) is 0 Å². The van der Waals surface area contributed by atoms with Crippen molar-refractivity contribution in [1.29, 1.82) is 0 Å². The standard InChI is InChI=1S/C28H26N2O6/c1-17-23(31)13-15-27(2)14-12-21-25(24(17)27)35-26(32)28(21)16-22(18-8-10-20(11-9-18)30(33)34)29(36-28)19-6-4-3-5-7-19/h3-11,13,15,21-22,25H,12,14,16H2,1-2H3/t21-,22+,25+,27+,28?/m1/s1. The summed E-state index contributed by atoms with van der Waals surface area (Å²) in [5.41, 5.74) is 1.56. The summed E-state index contributed by atoms with van der Waals surface area (Å²) >= 11 is 0. The largest absolute Gasteiger partial charge is 0.455 e. The summed E-state index contributed by atoms with van der Waals surface area (Å²) in [5, 5.41) is 12.9. The fraction of sp³-hybridized carbons (Fsp3) is 0.357. The lowest BCUT2D eigenvalue weighted by atomic mass is 9.60. The number of nitro groups is 1. The minimum atomic E-state index is -1.22. The Morgan fingerprint density at radius 3 is 2.50 bits per heavy atom. The molecule has 2 aromatic rings. The number of ether oxygens (including phenoxy) is 1. The van der Waals surface area contributed by atoms with E-state index < -0.39 is 22.6 Å². The first-order chi connectivity index (χ1) is 17.2. The van der Waals surface area contributed by atoms with E-state index in [1.54, 1.807) is 23.3 Å². The molecule has 2 saturated heterocycles. The van der Waals surface area contributed by atoms with Gasteiger partial charge in [-0.05, 0) is 49.1 Å². The summed E-state index contributed by atoms with van der Waals surface area (Å²) in [5.74, 6) is -0.729. The third-order valence-electron chi connectivity index (χ3n) is 8.33. The van der Waals surface area contributed by atoms with E-state index in [1.165, 1.54) is 12.1 Å². The second-order valence-electron chi connectivity index (χ2n) is 10.3. The van der Waals surface area contributed by atoms with Crippen LogP contribution in [0.2, 0.25) is 0 Å². The molecule has 5 atom stereocenters. The molecule has 4 aliphatic rings. The maximum atomic E-state index is 13.6. The van der Waals surface area contributed by atoms with Gasteiger partial charge in [-0.3, -0.25) is 19.7 Å². The number of hydrogen-bond acceptors (Lipinski definition) is 7. The molecule has 0 radical (unpaired) electrons. The Hall–Kier alpha value is -3.78. The Morgan fingerprint density at radius 1 is 1.08 bits per heavy atom. The normalized spacial score (nSPS) is 33.1. The van der Waals surface area contributed by atoms with Gasteiger partial charge in [0.2, 0.25) is 5.60 Å². The number of benzene rings is 2. The average molecular weight is 487 g/mol. The number of allylic oxidation sites excluding steroid dienone is 3. The first kappa shape index (κ1) is 22.7. The topological polar surface area (TPSA) is 99.0 Å². The van der Waals surface area contributed by atoms with Crippen LogP contribution in [0.5, 0.6) is 0 Å². The molecule has 2 aliphatic carbocycles. The Morgan fingerprint density at radius 2 is 1.81 bits per heavy atom. The van der Waals surface area contributed by atoms with Crippen LogP contribution >= 0.6 is 0 Å². The molecule has 1 saturated carbocycles. The lowest BCUT2D eigenvalue weighted by Gasteiger charge is -2.44. The van der Waals surface area contributed by atoms with E-state index >= 15 is 0 Å². The number of para-hydroxylation sites is 1. The van der Waals surface area contributed by atoms with Gasteiger partial charge in [-0.15, -0.1) is 0 Å². The van der Waals surface area contributed by atoms with Crippen LogP contribution in [-0.4, -0.2) is 28.4 Å². The number of fused-ring (bicyclic) bond motifs is 4. The first-order valence-corrected chi connectivity index (χ1v) is 12.2. The maximum absolute atomic E-state index is 13.6. The van der Waals surface area contributed by atoms with Crippen molar-refractivity contribution in [3.05, 3.63) is 93.6 Å². The number of ketones is 1. The lowest BCUT2D eigenvalue weighted by molar-refractivity contribution is -0.384. The zero-order valence-electron chi connectivity index (χ0n) is 20.0. The fourth-order valence-electron chi connectivity index (χ4n) is 6.45. The molecule has 1 unspecified atom stereocenters. The molecule has 8 nitrogen and oxygen atoms in total. The van der Waals surface area contributed by atoms with Crippen molar-refractivity contribution in [2.45, 2.75) is 50.9 Å². The number of nitro benzene ring substituents is 1. The van der Waals surface area contributed by atoms with Crippen molar-refractivity contribution in [3.63, 3.8) is 0 Å². The van der Waals surface area contributed by atoms with E-state index in [0.29, 0.717) is 18.4 Å². The monoisotopic (exact) mass is 486 g/mol. The molecule has 1 spiro atoms. The van der Waals surface area contributed by atoms with Crippen molar-refractivity contribution in [2.24, 2.45) is 11.3 Å². The molecule has 2 heterocycles. The average Bonchev–Trinajstić information content (AvgIpc) is 3.40. The van der Waals surface area contributed by atoms with Gasteiger partial charge in [-0.1, -0.05) is 43.3 Å². The summed E-state index contributed by atoms with van der Waals surface area (Å²) in [6.45, 7) is 3.90. The van der Waals surface area contributed by atoms with E-state index in [0.717, 1.165) is 23.2 Å². The Bertz CT molecular complexity index is 1330. The van der Waals surface area contributed by atoms with Gasteiger partial charge in [0.25, 0.3) is 5.69 Å². The predicted molar refractivity (Wildman–Crippen MR) is 131 cm³/mol. The van der Waals surface area contributed by atoms with Gasteiger partial charge in [0.05, 0.1) is 16.7 Å². The number of carbonyl (C=O) groups is 2. The van der Waals surface area contributed by atoms with Crippen molar-refractivity contribution < 1.29 is 24.1 Å². The molecule has 36 heavy (non-hydrogen) atoms. The highest BCUT2D eigenvalue weighted by Crippen LogP contribution is 2.59. The number of carbonyl (C=O) groups excluding carboxylic acids is 2. The summed E-state index contributed by atoms with van der Waals surface area (Å²) in [6.07, 6.45) is 4.86. The van der Waals surface area contributed by atoms with Gasteiger partial charge in [-0.25, -0.2) is 9.86 Å². The SMILES string of the molecule is CC1=C2[C@H]3OC(=O)C4(C[C@@H](c5ccc([N+](=O)[O-])cc5)N(c5ccccc5)O4)[C@@H]3CC[C@@]2(C)C=CC1=O. The Kier molecular flexibility index (Phi) is 4.95. The van der Waals surface area contributed by atoms with E-state index in [-0.39, 0.29) is 28.8 Å². The molecule has 8 heteroatoms. The second-order valence-corrected chi connectivity index (χ2v) is 10.3. The molecular formula is C28H26N2O6. The minimum Gasteiger partial charge on any atom is -0.455 e. The summed E-state index contributed by atoms with van der Waals surface area (Å²) in [7, 11) is 0. The zero-order valence-corrected chi connectivity index (χ0v) is 20.0. The number of hydroxylamine groups is 1. The smallest absolute Gasteiger partial charge is 0.342 e. The van der Waals surface area contributed by atoms with Crippen LogP contribution in [-0.2, 0) is 19.2 Å². The minimum absolute atomic E-state index is 0.00276. The molecule has 2 aromatic carbocycles. The predicted octanol–water partition coefficient (Wildman–Crippen LogP) is 5.01. The highest BCUT2D eigenvalue weighted by Gasteiger charge is 2.68. The molecule has 0 aromatic heterocycles. The fourth-order valence-corrected chi connectivity index (χ4v) is 6.45. The molecule has 6 rings (SSSR count). The van der Waals surface area contributed by atoms with Gasteiger partial charge >= 0.3 is 5.97 Å². The van der Waals surface area contributed by atoms with E-state index in [2.05, 4.69) is 6.92 Å². The molecule has 184 valence electrons. The van der Waals surface area contributed by atoms with Crippen LogP contribution in [0.1, 0.15) is 44.7 Å². The molecule has 0 N–H and O–H groups in total. The van der Waals surface area contributed by atoms with E-state index in [9.17, 15) is 19.7 Å². The highest BCUT2D eigenvalue weighted by atomic mass is 16.7. The quantitative estimate of drug-likeness (QED) is 0.341. The van der Waals surface area contributed by atoms with Crippen molar-refractivity contribution >= 4 is 23.1 Å². The number of esters is 1. The Balaban J connectivity index is 1.42. The van der Waals surface area contributed by atoms with Gasteiger partial charge < -0.3 is 4.74 Å². The molecule has 0 amide bonds. The van der Waals surface area contributed by atoms with E-state index in [4.69, 9.17) is 9.57 Å². The van der Waals surface area contributed by atoms with E-state index in [1.807, 2.05) is 43.3 Å². The number of non-ortho nitro benzene ring substituents is 1. The number of hydrogen-bond donors (Lipinski definition) is 0.